The molecule has 0 radical (unpaired) electrons. The van der Waals surface area contributed by atoms with E-state index in [1.165, 1.54) is 0 Å². The van der Waals surface area contributed by atoms with Crippen LogP contribution in [0.15, 0.2) is 30.3 Å². The van der Waals surface area contributed by atoms with Gasteiger partial charge in [-0.05, 0) is 12.5 Å². The molecule has 0 saturated carbocycles. The topological polar surface area (TPSA) is 69.4 Å². The normalized spacial score (nSPS) is 29.3. The van der Waals surface area contributed by atoms with E-state index in [0.717, 1.165) is 5.56 Å². The maximum atomic E-state index is 11.8. The molecular formula is C12H13NO3. The summed E-state index contributed by atoms with van der Waals surface area (Å²) >= 11 is 0. The molecule has 0 bridgehead atoms. The first-order chi connectivity index (χ1) is 7.53. The average Bonchev–Trinajstić information content (AvgIpc) is 2.57. The quantitative estimate of drug-likeness (QED) is 0.805. The molecule has 0 aliphatic carbocycles. The van der Waals surface area contributed by atoms with Gasteiger partial charge in [0.25, 0.3) is 0 Å². The van der Waals surface area contributed by atoms with Crippen LogP contribution in [-0.2, 0) is 14.3 Å². The Balaban J connectivity index is 2.27. The van der Waals surface area contributed by atoms with E-state index in [4.69, 9.17) is 10.5 Å². The minimum absolute atomic E-state index is 0.0435. The number of nitrogens with two attached hydrogens (primary N) is 1. The summed E-state index contributed by atoms with van der Waals surface area (Å²) in [5.41, 5.74) is 4.81. The van der Waals surface area contributed by atoms with Crippen molar-refractivity contribution >= 4 is 11.7 Å². The van der Waals surface area contributed by atoms with E-state index in [0.29, 0.717) is 0 Å². The molecule has 2 unspecified atom stereocenters. The van der Waals surface area contributed by atoms with Gasteiger partial charge in [-0.1, -0.05) is 30.3 Å². The highest BCUT2D eigenvalue weighted by Gasteiger charge is 2.47. The summed E-state index contributed by atoms with van der Waals surface area (Å²) in [7, 11) is 0. The molecule has 1 aliphatic rings. The Morgan fingerprint density at radius 2 is 2.06 bits per heavy atom. The molecule has 2 atom stereocenters. The lowest BCUT2D eigenvalue weighted by molar-refractivity contribution is -0.140. The number of carbonyl (C=O) groups excluding carboxylic acids is 2. The third-order valence-electron chi connectivity index (χ3n) is 2.81. The summed E-state index contributed by atoms with van der Waals surface area (Å²) in [5.74, 6) is -0.702. The predicted octanol–water partition coefficient (Wildman–Crippen LogP) is 0.961. The fraction of sp³-hybridized carbons (Fsp3) is 0.333. The molecule has 1 saturated heterocycles. The number of ketones is 1. The van der Waals surface area contributed by atoms with Gasteiger partial charge in [0.1, 0.15) is 6.10 Å². The van der Waals surface area contributed by atoms with Gasteiger partial charge in [-0.25, -0.2) is 0 Å². The first kappa shape index (κ1) is 10.8. The van der Waals surface area contributed by atoms with Crippen LogP contribution in [-0.4, -0.2) is 17.3 Å². The molecule has 84 valence electrons. The van der Waals surface area contributed by atoms with Crippen molar-refractivity contribution in [1.29, 1.82) is 0 Å². The number of carbonyl (C=O) groups is 2. The van der Waals surface area contributed by atoms with E-state index in [-0.39, 0.29) is 12.2 Å². The number of Topliss-reactive ketones (excluding diaryl/α,β-unsaturated/α-hetero) is 1. The second kappa shape index (κ2) is 3.72. The zero-order valence-electron chi connectivity index (χ0n) is 8.97. The van der Waals surface area contributed by atoms with Gasteiger partial charge in [-0.3, -0.25) is 9.59 Å². The van der Waals surface area contributed by atoms with Gasteiger partial charge < -0.3 is 10.5 Å². The standard InChI is InChI=1S/C12H13NO3/c1-12(11(13)15)7-9(14)10(16-12)8-5-3-2-4-6-8/h2-6,10H,7H2,1H3,(H2,13,15). The smallest absolute Gasteiger partial charge is 0.249 e. The number of ether oxygens (including phenoxy) is 1. The zero-order valence-corrected chi connectivity index (χ0v) is 8.97. The Morgan fingerprint density at radius 3 is 2.56 bits per heavy atom. The van der Waals surface area contributed by atoms with Gasteiger partial charge in [-0.15, -0.1) is 0 Å². The second-order valence-electron chi connectivity index (χ2n) is 4.15. The van der Waals surface area contributed by atoms with Crippen molar-refractivity contribution in [3.63, 3.8) is 0 Å². The first-order valence-electron chi connectivity index (χ1n) is 5.08. The van der Waals surface area contributed by atoms with Crippen LogP contribution in [0.25, 0.3) is 0 Å². The molecular weight excluding hydrogens is 206 g/mol. The molecule has 1 aromatic rings. The van der Waals surface area contributed by atoms with Crippen molar-refractivity contribution < 1.29 is 14.3 Å². The van der Waals surface area contributed by atoms with Gasteiger partial charge in [0.2, 0.25) is 5.91 Å². The zero-order chi connectivity index (χ0) is 11.8. The van der Waals surface area contributed by atoms with Crippen LogP contribution in [0.1, 0.15) is 25.0 Å². The first-order valence-corrected chi connectivity index (χ1v) is 5.08. The van der Waals surface area contributed by atoms with E-state index in [9.17, 15) is 9.59 Å². The van der Waals surface area contributed by atoms with Crippen LogP contribution in [0, 0.1) is 0 Å². The third kappa shape index (κ3) is 1.72. The van der Waals surface area contributed by atoms with E-state index < -0.39 is 17.6 Å². The largest absolute Gasteiger partial charge is 0.367 e. The van der Waals surface area contributed by atoms with Gasteiger partial charge in [0.05, 0.1) is 0 Å². The molecule has 1 amide bonds. The Kier molecular flexibility index (Phi) is 2.52. The van der Waals surface area contributed by atoms with Crippen LogP contribution < -0.4 is 5.73 Å². The summed E-state index contributed by atoms with van der Waals surface area (Å²) in [6.07, 6.45) is -0.624. The van der Waals surface area contributed by atoms with Crippen molar-refractivity contribution in [1.82, 2.24) is 0 Å². The predicted molar refractivity (Wildman–Crippen MR) is 57.5 cm³/mol. The minimum Gasteiger partial charge on any atom is -0.367 e. The van der Waals surface area contributed by atoms with Crippen molar-refractivity contribution in [2.75, 3.05) is 0 Å². The molecule has 1 heterocycles. The van der Waals surface area contributed by atoms with Crippen LogP contribution in [0.2, 0.25) is 0 Å². The highest BCUT2D eigenvalue weighted by Crippen LogP contribution is 2.36. The summed E-state index contributed by atoms with van der Waals surface area (Å²) < 4.78 is 5.48. The number of amides is 1. The highest BCUT2D eigenvalue weighted by molar-refractivity contribution is 5.96. The maximum Gasteiger partial charge on any atom is 0.249 e. The highest BCUT2D eigenvalue weighted by atomic mass is 16.5. The molecule has 2 rings (SSSR count). The molecule has 2 N–H and O–H groups in total. The Bertz CT molecular complexity index is 429. The van der Waals surface area contributed by atoms with Gasteiger partial charge >= 0.3 is 0 Å². The van der Waals surface area contributed by atoms with Crippen molar-refractivity contribution in [3.8, 4) is 0 Å². The maximum absolute atomic E-state index is 11.8. The summed E-state index contributed by atoms with van der Waals surface area (Å²) in [6, 6.07) is 9.11. The second-order valence-corrected chi connectivity index (χ2v) is 4.15. The van der Waals surface area contributed by atoms with Crippen LogP contribution in [0.3, 0.4) is 0 Å². The number of hydrogen-bond acceptors (Lipinski definition) is 3. The van der Waals surface area contributed by atoms with E-state index in [1.807, 2.05) is 18.2 Å². The number of hydrogen-bond donors (Lipinski definition) is 1. The van der Waals surface area contributed by atoms with Crippen LogP contribution in [0.4, 0.5) is 0 Å². The molecule has 0 spiro atoms. The lowest BCUT2D eigenvalue weighted by Crippen LogP contribution is -2.40. The number of benzene rings is 1. The molecule has 16 heavy (non-hydrogen) atoms. The van der Waals surface area contributed by atoms with Gasteiger partial charge in [0, 0.05) is 6.42 Å². The van der Waals surface area contributed by atoms with E-state index in [2.05, 4.69) is 0 Å². The average molecular weight is 219 g/mol. The fourth-order valence-corrected chi connectivity index (χ4v) is 1.82. The van der Waals surface area contributed by atoms with Crippen molar-refractivity contribution in [2.24, 2.45) is 5.73 Å². The molecule has 4 nitrogen and oxygen atoms in total. The lowest BCUT2D eigenvalue weighted by Gasteiger charge is -2.19. The number of primary amides is 1. The summed E-state index contributed by atoms with van der Waals surface area (Å²) in [6.45, 7) is 1.55. The van der Waals surface area contributed by atoms with Crippen molar-refractivity contribution in [3.05, 3.63) is 35.9 Å². The molecule has 4 heteroatoms. The molecule has 1 aromatic carbocycles. The Morgan fingerprint density at radius 1 is 1.44 bits per heavy atom. The number of rotatable bonds is 2. The molecule has 0 aromatic heterocycles. The van der Waals surface area contributed by atoms with E-state index >= 15 is 0 Å². The van der Waals surface area contributed by atoms with E-state index in [1.54, 1.807) is 19.1 Å². The van der Waals surface area contributed by atoms with Crippen molar-refractivity contribution in [2.45, 2.75) is 25.0 Å². The Hall–Kier alpha value is -1.68. The third-order valence-corrected chi connectivity index (χ3v) is 2.81. The molecule has 1 aliphatic heterocycles. The van der Waals surface area contributed by atoms with Gasteiger partial charge in [0.15, 0.2) is 11.4 Å². The summed E-state index contributed by atoms with van der Waals surface area (Å²) in [5, 5.41) is 0. The Labute approximate surface area is 93.4 Å². The monoisotopic (exact) mass is 219 g/mol. The molecule has 1 fully saturated rings. The SMILES string of the molecule is CC1(C(N)=O)CC(=O)C(c2ccccc2)O1. The van der Waals surface area contributed by atoms with Crippen LogP contribution in [0.5, 0.6) is 0 Å². The summed E-state index contributed by atoms with van der Waals surface area (Å²) in [4.78, 5) is 23.0. The van der Waals surface area contributed by atoms with Gasteiger partial charge in [-0.2, -0.15) is 0 Å². The minimum atomic E-state index is -1.17. The fourth-order valence-electron chi connectivity index (χ4n) is 1.82. The van der Waals surface area contributed by atoms with Crippen LogP contribution >= 0.6 is 0 Å². The lowest BCUT2D eigenvalue weighted by atomic mass is 9.99.